The van der Waals surface area contributed by atoms with Crippen molar-refractivity contribution in [2.75, 3.05) is 0 Å². The van der Waals surface area contributed by atoms with Crippen LogP contribution in [0.5, 0.6) is 0 Å². The molecule has 13 heavy (non-hydrogen) atoms. The Morgan fingerprint density at radius 1 is 1.15 bits per heavy atom. The normalized spacial score (nSPS) is 23.8. The van der Waals surface area contributed by atoms with Gasteiger partial charge in [-0.1, -0.05) is 0 Å². The van der Waals surface area contributed by atoms with Crippen molar-refractivity contribution in [2.45, 2.75) is 51.6 Å². The molecule has 0 aromatic carbocycles. The zero-order valence-corrected chi connectivity index (χ0v) is 9.18. The summed E-state index contributed by atoms with van der Waals surface area (Å²) in [6.07, 6.45) is 0.768. The first-order chi connectivity index (χ1) is 5.27. The minimum Gasteiger partial charge on any atom is -0.530 e. The van der Waals surface area contributed by atoms with Crippen molar-refractivity contribution in [3.8, 4) is 0 Å². The second-order valence-electron chi connectivity index (χ2n) is 4.73. The number of amides is 1. The monoisotopic (exact) mass is 177 g/mol. The van der Waals surface area contributed by atoms with E-state index in [0.29, 0.717) is 0 Å². The van der Waals surface area contributed by atoms with Crippen LogP contribution in [-0.2, 0) is 0 Å². The first kappa shape index (κ1) is 12.9. The molecule has 1 aliphatic rings. The molecule has 70 valence electrons. The van der Waals surface area contributed by atoms with E-state index in [1.54, 1.807) is 0 Å². The van der Waals surface area contributed by atoms with Crippen LogP contribution in [0, 0.1) is 0 Å². The standard InChI is InChI=1S/C9H17NO2.Li/c1-8(2)5-6-9(3,4)10(8)7(11)12;/h5-6H2,1-4H3,(H,11,12);/q;+1/p-1. The molecule has 1 fully saturated rings. The quantitative estimate of drug-likeness (QED) is 0.401. The first-order valence-corrected chi connectivity index (χ1v) is 4.29. The molecule has 1 aliphatic heterocycles. The molecule has 1 rings (SSSR count). The van der Waals surface area contributed by atoms with Crippen LogP contribution in [0.2, 0.25) is 0 Å². The Hall–Kier alpha value is -0.133. The number of nitrogens with zero attached hydrogens (tertiary/aromatic N) is 1. The Morgan fingerprint density at radius 2 is 1.46 bits per heavy atom. The maximum atomic E-state index is 10.8. The van der Waals surface area contributed by atoms with Gasteiger partial charge in [-0.3, -0.25) is 0 Å². The average molecular weight is 177 g/mol. The Bertz CT molecular complexity index is 198. The molecule has 0 aliphatic carbocycles. The summed E-state index contributed by atoms with van der Waals surface area (Å²) >= 11 is 0. The van der Waals surface area contributed by atoms with Gasteiger partial charge in [0.15, 0.2) is 0 Å². The Balaban J connectivity index is 0.00000144. The Kier molecular flexibility index (Phi) is 3.51. The number of hydrogen-bond donors (Lipinski definition) is 0. The molecule has 0 aromatic heterocycles. The van der Waals surface area contributed by atoms with Gasteiger partial charge in [0.25, 0.3) is 0 Å². The predicted octanol–water partition coefficient (Wildman–Crippen LogP) is -2.01. The third kappa shape index (κ3) is 2.21. The van der Waals surface area contributed by atoms with Crippen molar-refractivity contribution in [1.29, 1.82) is 0 Å². The van der Waals surface area contributed by atoms with Gasteiger partial charge in [-0.15, -0.1) is 0 Å². The van der Waals surface area contributed by atoms with E-state index in [-0.39, 0.29) is 29.9 Å². The van der Waals surface area contributed by atoms with Crippen molar-refractivity contribution >= 4 is 6.09 Å². The third-order valence-corrected chi connectivity index (χ3v) is 2.74. The van der Waals surface area contributed by atoms with Crippen molar-refractivity contribution in [3.63, 3.8) is 0 Å². The fraction of sp³-hybridized carbons (Fsp3) is 0.889. The smallest absolute Gasteiger partial charge is 0.530 e. The molecule has 0 spiro atoms. The van der Waals surface area contributed by atoms with Crippen LogP contribution in [0.4, 0.5) is 4.79 Å². The maximum Gasteiger partial charge on any atom is 1.00 e. The van der Waals surface area contributed by atoms with Crippen LogP contribution in [0.3, 0.4) is 0 Å². The maximum absolute atomic E-state index is 10.8. The number of carbonyl (C=O) groups is 1. The summed E-state index contributed by atoms with van der Waals surface area (Å²) in [5, 5.41) is 10.8. The van der Waals surface area contributed by atoms with Crippen LogP contribution in [-0.4, -0.2) is 22.1 Å². The van der Waals surface area contributed by atoms with Crippen molar-refractivity contribution in [1.82, 2.24) is 4.90 Å². The molecule has 0 aromatic rings. The number of hydrogen-bond acceptors (Lipinski definition) is 2. The molecule has 0 saturated carbocycles. The van der Waals surface area contributed by atoms with Gasteiger partial charge in [0.1, 0.15) is 6.09 Å². The van der Waals surface area contributed by atoms with E-state index in [0.717, 1.165) is 12.8 Å². The molecule has 0 unspecified atom stereocenters. The molecule has 4 heteroatoms. The van der Waals surface area contributed by atoms with E-state index in [1.165, 1.54) is 4.90 Å². The molecule has 0 radical (unpaired) electrons. The summed E-state index contributed by atoms with van der Waals surface area (Å²) in [5.74, 6) is 0. The zero-order valence-electron chi connectivity index (χ0n) is 9.18. The van der Waals surface area contributed by atoms with Gasteiger partial charge in [0, 0.05) is 11.1 Å². The molecule has 0 bridgehead atoms. The minimum absolute atomic E-state index is 0. The summed E-state index contributed by atoms with van der Waals surface area (Å²) in [7, 11) is 0. The Labute approximate surface area is 91.7 Å². The SMILES string of the molecule is CC1(C)CCC(C)(C)N1C(=O)[O-].[Li+]. The molecule has 0 atom stereocenters. The van der Waals surface area contributed by atoms with Gasteiger partial charge in [-0.2, -0.15) is 0 Å². The molecule has 3 nitrogen and oxygen atoms in total. The Morgan fingerprint density at radius 3 is 1.62 bits per heavy atom. The molecular weight excluding hydrogens is 161 g/mol. The van der Waals surface area contributed by atoms with E-state index >= 15 is 0 Å². The zero-order chi connectivity index (χ0) is 9.57. The van der Waals surface area contributed by atoms with Gasteiger partial charge < -0.3 is 14.8 Å². The van der Waals surface area contributed by atoms with Gasteiger partial charge >= 0.3 is 18.9 Å². The topological polar surface area (TPSA) is 43.4 Å². The molecule has 0 N–H and O–H groups in total. The summed E-state index contributed by atoms with van der Waals surface area (Å²) in [6, 6.07) is 0. The summed E-state index contributed by atoms with van der Waals surface area (Å²) in [6.45, 7) is 7.77. The number of carbonyl (C=O) groups excluding carboxylic acids is 1. The summed E-state index contributed by atoms with van der Waals surface area (Å²) in [5.41, 5.74) is -0.523. The van der Waals surface area contributed by atoms with Gasteiger partial charge in [-0.25, -0.2) is 0 Å². The first-order valence-electron chi connectivity index (χ1n) is 4.29. The number of carboxylic acid groups (broad SMARTS) is 1. The van der Waals surface area contributed by atoms with E-state index in [2.05, 4.69) is 0 Å². The van der Waals surface area contributed by atoms with E-state index in [4.69, 9.17) is 0 Å². The van der Waals surface area contributed by atoms with Crippen LogP contribution in [0.25, 0.3) is 0 Å². The number of rotatable bonds is 0. The third-order valence-electron chi connectivity index (χ3n) is 2.74. The average Bonchev–Trinajstić information content (AvgIpc) is 2.01. The van der Waals surface area contributed by atoms with Crippen LogP contribution < -0.4 is 24.0 Å². The predicted molar refractivity (Wildman–Crippen MR) is 44.6 cm³/mol. The van der Waals surface area contributed by atoms with Crippen LogP contribution >= 0.6 is 0 Å². The second kappa shape index (κ2) is 3.55. The van der Waals surface area contributed by atoms with Crippen molar-refractivity contribution < 1.29 is 28.8 Å². The van der Waals surface area contributed by atoms with Crippen LogP contribution in [0.15, 0.2) is 0 Å². The van der Waals surface area contributed by atoms with Gasteiger partial charge in [-0.05, 0) is 40.5 Å². The van der Waals surface area contributed by atoms with E-state index in [1.807, 2.05) is 27.7 Å². The van der Waals surface area contributed by atoms with Gasteiger partial charge in [0.2, 0.25) is 0 Å². The summed E-state index contributed by atoms with van der Waals surface area (Å²) < 4.78 is 0. The van der Waals surface area contributed by atoms with Crippen molar-refractivity contribution in [2.24, 2.45) is 0 Å². The fourth-order valence-electron chi connectivity index (χ4n) is 2.15. The van der Waals surface area contributed by atoms with Gasteiger partial charge in [0.05, 0.1) is 0 Å². The van der Waals surface area contributed by atoms with E-state index in [9.17, 15) is 9.90 Å². The second-order valence-corrected chi connectivity index (χ2v) is 4.73. The largest absolute Gasteiger partial charge is 1.00 e. The number of likely N-dealkylation sites (tertiary alicyclic amines) is 1. The van der Waals surface area contributed by atoms with E-state index < -0.39 is 6.09 Å². The fourth-order valence-corrected chi connectivity index (χ4v) is 2.15. The minimum atomic E-state index is -1.05. The molecule has 1 saturated heterocycles. The molecular formula is C9H16LiNO2. The molecule has 1 heterocycles. The van der Waals surface area contributed by atoms with Crippen LogP contribution in [0.1, 0.15) is 40.5 Å². The molecule has 1 amide bonds. The summed E-state index contributed by atoms with van der Waals surface area (Å²) in [4.78, 5) is 12.3. The van der Waals surface area contributed by atoms with Crippen molar-refractivity contribution in [3.05, 3.63) is 0 Å².